The minimum Gasteiger partial charge on any atom is -0.481 e. The predicted octanol–water partition coefficient (Wildman–Crippen LogP) is 5.64. The van der Waals surface area contributed by atoms with Crippen LogP contribution in [0.3, 0.4) is 0 Å². The number of oxazole rings is 1. The minimum absolute atomic E-state index is 0.337. The van der Waals surface area contributed by atoms with Crippen LogP contribution in [-0.4, -0.2) is 16.1 Å². The molecule has 0 aliphatic rings. The molecular formula is C19H16ClNO3S. The highest BCUT2D eigenvalue weighted by Crippen LogP contribution is 2.36. The number of hydrogen-bond donors (Lipinski definition) is 1. The molecule has 4 nitrogen and oxygen atoms in total. The summed E-state index contributed by atoms with van der Waals surface area (Å²) in [7, 11) is 0. The Morgan fingerprint density at radius 1 is 1.16 bits per heavy atom. The fraction of sp³-hybridized carbons (Fsp3) is 0.158. The van der Waals surface area contributed by atoms with Gasteiger partial charge in [0.2, 0.25) is 0 Å². The molecule has 0 saturated heterocycles. The first-order chi connectivity index (χ1) is 11.9. The van der Waals surface area contributed by atoms with Gasteiger partial charge in [-0.05, 0) is 49.9 Å². The van der Waals surface area contributed by atoms with Crippen LogP contribution in [-0.2, 0) is 4.79 Å². The quantitative estimate of drug-likeness (QED) is 0.626. The summed E-state index contributed by atoms with van der Waals surface area (Å²) in [6.07, 6.45) is 0. The summed E-state index contributed by atoms with van der Waals surface area (Å²) in [4.78, 5) is 16.9. The van der Waals surface area contributed by atoms with Crippen molar-refractivity contribution >= 4 is 29.3 Å². The molecule has 0 saturated carbocycles. The standard InChI is InChI=1S/C19H16ClNO3S/c1-11-3-9-15(10-4-11)25-19-21-16(13-5-7-14(20)8-6-13)17(24-19)12(2)18(22)23/h3-10,12H,1-2H3,(H,22,23). The van der Waals surface area contributed by atoms with E-state index in [1.54, 1.807) is 31.2 Å². The van der Waals surface area contributed by atoms with Crippen molar-refractivity contribution in [2.75, 3.05) is 0 Å². The fourth-order valence-electron chi connectivity index (χ4n) is 2.28. The van der Waals surface area contributed by atoms with E-state index in [-0.39, 0.29) is 0 Å². The van der Waals surface area contributed by atoms with Crippen LogP contribution in [0.25, 0.3) is 11.3 Å². The molecule has 25 heavy (non-hydrogen) atoms. The monoisotopic (exact) mass is 373 g/mol. The van der Waals surface area contributed by atoms with Crippen LogP contribution in [0, 0.1) is 6.92 Å². The maximum Gasteiger partial charge on any atom is 0.314 e. The third-order valence-corrected chi connectivity index (χ3v) is 4.85. The molecule has 3 rings (SSSR count). The molecular weight excluding hydrogens is 358 g/mol. The molecule has 1 heterocycles. The Hall–Kier alpha value is -2.24. The van der Waals surface area contributed by atoms with E-state index in [4.69, 9.17) is 16.0 Å². The topological polar surface area (TPSA) is 63.3 Å². The summed E-state index contributed by atoms with van der Waals surface area (Å²) in [5.74, 6) is -1.42. The molecule has 1 aromatic heterocycles. The second-order valence-corrected chi connectivity index (χ2v) is 7.14. The average Bonchev–Trinajstić information content (AvgIpc) is 3.00. The number of hydrogen-bond acceptors (Lipinski definition) is 4. The number of halogens is 1. The summed E-state index contributed by atoms with van der Waals surface area (Å²) in [5.41, 5.74) is 2.46. The van der Waals surface area contributed by atoms with Gasteiger partial charge in [-0.25, -0.2) is 4.98 Å². The number of nitrogens with zero attached hydrogens (tertiary/aromatic N) is 1. The van der Waals surface area contributed by atoms with Gasteiger partial charge in [0.05, 0.1) is 0 Å². The number of rotatable bonds is 5. The van der Waals surface area contributed by atoms with Crippen LogP contribution in [0.2, 0.25) is 5.02 Å². The van der Waals surface area contributed by atoms with Gasteiger partial charge in [0.15, 0.2) is 0 Å². The number of aliphatic carboxylic acids is 1. The van der Waals surface area contributed by atoms with E-state index < -0.39 is 11.9 Å². The van der Waals surface area contributed by atoms with Gasteiger partial charge in [-0.3, -0.25) is 4.79 Å². The third kappa shape index (κ3) is 4.06. The number of carboxylic acid groups (broad SMARTS) is 1. The van der Waals surface area contributed by atoms with E-state index in [9.17, 15) is 9.90 Å². The molecule has 0 bridgehead atoms. The normalized spacial score (nSPS) is 12.1. The van der Waals surface area contributed by atoms with Gasteiger partial charge in [0, 0.05) is 15.5 Å². The van der Waals surface area contributed by atoms with E-state index >= 15 is 0 Å². The highest BCUT2D eigenvalue weighted by Gasteiger charge is 2.25. The van der Waals surface area contributed by atoms with Crippen LogP contribution in [0.15, 0.2) is 63.1 Å². The molecule has 1 N–H and O–H groups in total. The van der Waals surface area contributed by atoms with Crippen molar-refractivity contribution in [3.8, 4) is 11.3 Å². The van der Waals surface area contributed by atoms with Crippen LogP contribution < -0.4 is 0 Å². The first kappa shape index (κ1) is 17.6. The summed E-state index contributed by atoms with van der Waals surface area (Å²) in [6.45, 7) is 3.60. The number of carbonyl (C=O) groups is 1. The lowest BCUT2D eigenvalue weighted by Gasteiger charge is -2.05. The smallest absolute Gasteiger partial charge is 0.314 e. The summed E-state index contributed by atoms with van der Waals surface area (Å²) in [6, 6.07) is 15.1. The minimum atomic E-state index is -0.960. The average molecular weight is 374 g/mol. The molecule has 2 aromatic carbocycles. The maximum absolute atomic E-state index is 11.4. The van der Waals surface area contributed by atoms with Crippen LogP contribution in [0.5, 0.6) is 0 Å². The van der Waals surface area contributed by atoms with E-state index in [2.05, 4.69) is 4.98 Å². The van der Waals surface area contributed by atoms with Crippen LogP contribution in [0.1, 0.15) is 24.2 Å². The molecule has 0 aliphatic carbocycles. The highest BCUT2D eigenvalue weighted by molar-refractivity contribution is 7.99. The van der Waals surface area contributed by atoms with Gasteiger partial charge >= 0.3 is 5.97 Å². The largest absolute Gasteiger partial charge is 0.481 e. The van der Waals surface area contributed by atoms with Crippen LogP contribution in [0.4, 0.5) is 0 Å². The van der Waals surface area contributed by atoms with Crippen molar-refractivity contribution in [2.24, 2.45) is 0 Å². The van der Waals surface area contributed by atoms with Gasteiger partial charge in [-0.1, -0.05) is 41.4 Å². The Kier molecular flexibility index (Phi) is 5.16. The van der Waals surface area contributed by atoms with Gasteiger partial charge in [-0.15, -0.1) is 0 Å². The highest BCUT2D eigenvalue weighted by atomic mass is 35.5. The Morgan fingerprint density at radius 3 is 2.40 bits per heavy atom. The Bertz CT molecular complexity index is 888. The lowest BCUT2D eigenvalue weighted by atomic mass is 10.0. The maximum atomic E-state index is 11.4. The molecule has 0 fully saturated rings. The van der Waals surface area contributed by atoms with Crippen molar-refractivity contribution in [3.05, 3.63) is 64.9 Å². The van der Waals surface area contributed by atoms with Gasteiger partial charge < -0.3 is 9.52 Å². The Labute approximate surface area is 154 Å². The Balaban J connectivity index is 2.00. The molecule has 0 aliphatic heterocycles. The van der Waals surface area contributed by atoms with Crippen molar-refractivity contribution in [1.82, 2.24) is 4.98 Å². The Morgan fingerprint density at radius 2 is 1.80 bits per heavy atom. The summed E-state index contributed by atoms with van der Waals surface area (Å²) < 4.78 is 5.79. The number of aromatic nitrogens is 1. The molecule has 1 unspecified atom stereocenters. The summed E-state index contributed by atoms with van der Waals surface area (Å²) in [5, 5.41) is 10.4. The van der Waals surface area contributed by atoms with Gasteiger partial charge in [-0.2, -0.15) is 0 Å². The third-order valence-electron chi connectivity index (χ3n) is 3.74. The lowest BCUT2D eigenvalue weighted by molar-refractivity contribution is -0.138. The predicted molar refractivity (Wildman–Crippen MR) is 98.3 cm³/mol. The van der Waals surface area contributed by atoms with Crippen molar-refractivity contribution < 1.29 is 14.3 Å². The van der Waals surface area contributed by atoms with Gasteiger partial charge in [0.25, 0.3) is 5.22 Å². The van der Waals surface area contributed by atoms with Crippen molar-refractivity contribution in [3.63, 3.8) is 0 Å². The van der Waals surface area contributed by atoms with Crippen molar-refractivity contribution in [2.45, 2.75) is 29.9 Å². The van der Waals surface area contributed by atoms with Gasteiger partial charge in [0.1, 0.15) is 17.4 Å². The lowest BCUT2D eigenvalue weighted by Crippen LogP contribution is -2.07. The molecule has 1 atom stereocenters. The SMILES string of the molecule is Cc1ccc(Sc2nc(-c3ccc(Cl)cc3)c(C(C)C(=O)O)o2)cc1. The van der Waals surface area contributed by atoms with E-state index in [0.717, 1.165) is 10.5 Å². The zero-order chi connectivity index (χ0) is 18.0. The molecule has 0 amide bonds. The molecule has 6 heteroatoms. The number of carboxylic acids is 1. The first-order valence-corrected chi connectivity index (χ1v) is 8.87. The summed E-state index contributed by atoms with van der Waals surface area (Å²) >= 11 is 7.30. The zero-order valence-corrected chi connectivity index (χ0v) is 15.3. The number of aryl methyl sites for hydroxylation is 1. The van der Waals surface area contributed by atoms with E-state index in [0.29, 0.717) is 21.7 Å². The molecule has 0 spiro atoms. The van der Waals surface area contributed by atoms with E-state index in [1.165, 1.54) is 17.3 Å². The number of benzene rings is 2. The molecule has 3 aromatic rings. The fourth-order valence-corrected chi connectivity index (χ4v) is 3.15. The van der Waals surface area contributed by atoms with Crippen LogP contribution >= 0.6 is 23.4 Å². The second-order valence-electron chi connectivity index (χ2n) is 5.67. The second kappa shape index (κ2) is 7.33. The zero-order valence-electron chi connectivity index (χ0n) is 13.7. The first-order valence-electron chi connectivity index (χ1n) is 7.68. The van der Waals surface area contributed by atoms with E-state index in [1.807, 2.05) is 31.2 Å². The van der Waals surface area contributed by atoms with Crippen molar-refractivity contribution in [1.29, 1.82) is 0 Å². The molecule has 0 radical (unpaired) electrons. The molecule has 128 valence electrons.